The van der Waals surface area contributed by atoms with Crippen LogP contribution in [0.15, 0.2) is 33.8 Å². The molecule has 1 heterocycles. The standard InChI is InChI=1S/C17H24N4O.HI/c1-12-5-7-15(8-6-12)11-20-17(18-4)19-10-9-16-13(2)21-22-14(16)3;/h5-8H,9-11H2,1-4H3,(H2,18,19,20);1H. The van der Waals surface area contributed by atoms with Crippen LogP contribution in [-0.2, 0) is 13.0 Å². The molecule has 0 aliphatic carbocycles. The molecule has 2 aromatic rings. The van der Waals surface area contributed by atoms with E-state index >= 15 is 0 Å². The Morgan fingerprint density at radius 1 is 1.13 bits per heavy atom. The average molecular weight is 428 g/mol. The fourth-order valence-electron chi connectivity index (χ4n) is 2.28. The number of aromatic nitrogens is 1. The molecular formula is C17H25IN4O. The van der Waals surface area contributed by atoms with Gasteiger partial charge in [0.2, 0.25) is 0 Å². The predicted octanol–water partition coefficient (Wildman–Crippen LogP) is 3.13. The second-order valence-electron chi connectivity index (χ2n) is 5.39. The van der Waals surface area contributed by atoms with Crippen LogP contribution in [0.4, 0.5) is 0 Å². The molecule has 0 amide bonds. The average Bonchev–Trinajstić information content (AvgIpc) is 2.84. The lowest BCUT2D eigenvalue weighted by Crippen LogP contribution is -2.37. The number of aryl methyl sites for hydroxylation is 3. The number of nitrogens with zero attached hydrogens (tertiary/aromatic N) is 2. The van der Waals surface area contributed by atoms with Crippen molar-refractivity contribution in [3.63, 3.8) is 0 Å². The first kappa shape index (κ1) is 19.5. The highest BCUT2D eigenvalue weighted by Crippen LogP contribution is 2.12. The van der Waals surface area contributed by atoms with E-state index in [1.54, 1.807) is 7.05 Å². The molecule has 0 aliphatic rings. The maximum atomic E-state index is 5.17. The first-order valence-corrected chi connectivity index (χ1v) is 7.52. The Hall–Kier alpha value is -1.57. The second kappa shape index (κ2) is 9.54. The van der Waals surface area contributed by atoms with Crippen LogP contribution >= 0.6 is 24.0 Å². The summed E-state index contributed by atoms with van der Waals surface area (Å²) in [5.74, 6) is 1.69. The maximum Gasteiger partial charge on any atom is 0.191 e. The van der Waals surface area contributed by atoms with Crippen molar-refractivity contribution >= 4 is 29.9 Å². The quantitative estimate of drug-likeness (QED) is 0.437. The van der Waals surface area contributed by atoms with Gasteiger partial charge in [-0.05, 0) is 32.8 Å². The molecular weight excluding hydrogens is 403 g/mol. The van der Waals surface area contributed by atoms with E-state index in [4.69, 9.17) is 4.52 Å². The molecule has 0 fully saturated rings. The van der Waals surface area contributed by atoms with Gasteiger partial charge in [0.05, 0.1) is 5.69 Å². The van der Waals surface area contributed by atoms with Crippen molar-refractivity contribution in [1.82, 2.24) is 15.8 Å². The van der Waals surface area contributed by atoms with Gasteiger partial charge in [-0.2, -0.15) is 0 Å². The van der Waals surface area contributed by atoms with Crippen molar-refractivity contribution < 1.29 is 4.52 Å². The van der Waals surface area contributed by atoms with Crippen LogP contribution in [0.2, 0.25) is 0 Å². The minimum atomic E-state index is 0. The third kappa shape index (κ3) is 5.85. The van der Waals surface area contributed by atoms with E-state index in [1.165, 1.54) is 16.7 Å². The predicted molar refractivity (Wildman–Crippen MR) is 104 cm³/mol. The van der Waals surface area contributed by atoms with E-state index in [-0.39, 0.29) is 24.0 Å². The van der Waals surface area contributed by atoms with Crippen LogP contribution in [0, 0.1) is 20.8 Å². The number of nitrogens with one attached hydrogen (secondary N) is 2. The Kier molecular flexibility index (Phi) is 8.08. The van der Waals surface area contributed by atoms with Crippen LogP contribution < -0.4 is 10.6 Å². The number of halogens is 1. The van der Waals surface area contributed by atoms with Gasteiger partial charge in [0.1, 0.15) is 5.76 Å². The molecule has 1 aromatic heterocycles. The number of aliphatic imine (C=N–C) groups is 1. The number of hydrogen-bond donors (Lipinski definition) is 2. The fourth-order valence-corrected chi connectivity index (χ4v) is 2.28. The molecule has 2 rings (SSSR count). The topological polar surface area (TPSA) is 62.5 Å². The summed E-state index contributed by atoms with van der Waals surface area (Å²) in [6, 6.07) is 8.48. The van der Waals surface area contributed by atoms with Gasteiger partial charge in [-0.25, -0.2) is 0 Å². The molecule has 0 atom stereocenters. The smallest absolute Gasteiger partial charge is 0.191 e. The number of benzene rings is 1. The molecule has 0 saturated heterocycles. The molecule has 0 unspecified atom stereocenters. The molecule has 6 heteroatoms. The zero-order valence-corrected chi connectivity index (χ0v) is 16.5. The van der Waals surface area contributed by atoms with Gasteiger partial charge in [0, 0.05) is 25.7 Å². The molecule has 0 saturated carbocycles. The Morgan fingerprint density at radius 3 is 2.39 bits per heavy atom. The monoisotopic (exact) mass is 428 g/mol. The highest BCUT2D eigenvalue weighted by atomic mass is 127. The Balaban J connectivity index is 0.00000264. The summed E-state index contributed by atoms with van der Waals surface area (Å²) in [5.41, 5.74) is 4.63. The number of rotatable bonds is 5. The summed E-state index contributed by atoms with van der Waals surface area (Å²) in [7, 11) is 1.78. The van der Waals surface area contributed by atoms with Gasteiger partial charge in [-0.1, -0.05) is 35.0 Å². The molecule has 5 nitrogen and oxygen atoms in total. The molecule has 126 valence electrons. The Labute approximate surface area is 155 Å². The number of hydrogen-bond acceptors (Lipinski definition) is 3. The Morgan fingerprint density at radius 2 is 1.83 bits per heavy atom. The second-order valence-corrected chi connectivity index (χ2v) is 5.39. The van der Waals surface area contributed by atoms with E-state index in [9.17, 15) is 0 Å². The van der Waals surface area contributed by atoms with Crippen molar-refractivity contribution in [1.29, 1.82) is 0 Å². The molecule has 0 aliphatic heterocycles. The van der Waals surface area contributed by atoms with E-state index in [1.807, 2.05) is 13.8 Å². The zero-order chi connectivity index (χ0) is 15.9. The van der Waals surface area contributed by atoms with E-state index < -0.39 is 0 Å². The highest BCUT2D eigenvalue weighted by Gasteiger charge is 2.08. The highest BCUT2D eigenvalue weighted by molar-refractivity contribution is 14.0. The van der Waals surface area contributed by atoms with Crippen molar-refractivity contribution in [2.45, 2.75) is 33.7 Å². The molecule has 0 bridgehead atoms. The summed E-state index contributed by atoms with van der Waals surface area (Å²) in [6.45, 7) is 7.55. The summed E-state index contributed by atoms with van der Waals surface area (Å²) < 4.78 is 5.17. The summed E-state index contributed by atoms with van der Waals surface area (Å²) in [6.07, 6.45) is 0.867. The molecule has 23 heavy (non-hydrogen) atoms. The van der Waals surface area contributed by atoms with Crippen LogP contribution in [-0.4, -0.2) is 24.7 Å². The maximum absolute atomic E-state index is 5.17. The third-order valence-electron chi connectivity index (χ3n) is 3.65. The zero-order valence-electron chi connectivity index (χ0n) is 14.1. The molecule has 0 spiro atoms. The van der Waals surface area contributed by atoms with Gasteiger partial charge < -0.3 is 15.2 Å². The largest absolute Gasteiger partial charge is 0.361 e. The third-order valence-corrected chi connectivity index (χ3v) is 3.65. The summed E-state index contributed by atoms with van der Waals surface area (Å²) in [5, 5.41) is 10.6. The van der Waals surface area contributed by atoms with Crippen molar-refractivity contribution in [2.24, 2.45) is 4.99 Å². The molecule has 1 aromatic carbocycles. The minimum Gasteiger partial charge on any atom is -0.361 e. The van der Waals surface area contributed by atoms with Crippen molar-refractivity contribution in [3.8, 4) is 0 Å². The van der Waals surface area contributed by atoms with E-state index in [2.05, 4.69) is 52.0 Å². The van der Waals surface area contributed by atoms with Crippen LogP contribution in [0.25, 0.3) is 0 Å². The van der Waals surface area contributed by atoms with Gasteiger partial charge in [0.15, 0.2) is 5.96 Å². The van der Waals surface area contributed by atoms with Crippen molar-refractivity contribution in [2.75, 3.05) is 13.6 Å². The lowest BCUT2D eigenvalue weighted by molar-refractivity contribution is 0.392. The SMILES string of the molecule is CN=C(NCCc1c(C)noc1C)NCc1ccc(C)cc1.I. The lowest BCUT2D eigenvalue weighted by Gasteiger charge is -2.12. The van der Waals surface area contributed by atoms with E-state index in [0.29, 0.717) is 0 Å². The van der Waals surface area contributed by atoms with Crippen LogP contribution in [0.5, 0.6) is 0 Å². The summed E-state index contributed by atoms with van der Waals surface area (Å²) >= 11 is 0. The first-order valence-electron chi connectivity index (χ1n) is 7.52. The van der Waals surface area contributed by atoms with Gasteiger partial charge >= 0.3 is 0 Å². The first-order chi connectivity index (χ1) is 10.6. The molecule has 2 N–H and O–H groups in total. The minimum absolute atomic E-state index is 0. The van der Waals surface area contributed by atoms with Gasteiger partial charge in [-0.3, -0.25) is 4.99 Å². The normalized spacial score (nSPS) is 11.0. The fraction of sp³-hybridized carbons (Fsp3) is 0.412. The van der Waals surface area contributed by atoms with Crippen molar-refractivity contribution in [3.05, 3.63) is 52.4 Å². The number of guanidine groups is 1. The van der Waals surface area contributed by atoms with Gasteiger partial charge in [0.25, 0.3) is 0 Å². The van der Waals surface area contributed by atoms with E-state index in [0.717, 1.165) is 36.9 Å². The summed E-state index contributed by atoms with van der Waals surface area (Å²) in [4.78, 5) is 4.24. The van der Waals surface area contributed by atoms with Crippen LogP contribution in [0.1, 0.15) is 28.1 Å². The molecule has 0 radical (unpaired) electrons. The van der Waals surface area contributed by atoms with Crippen LogP contribution in [0.3, 0.4) is 0 Å². The van der Waals surface area contributed by atoms with Gasteiger partial charge in [-0.15, -0.1) is 24.0 Å². The lowest BCUT2D eigenvalue weighted by atomic mass is 10.1. The Bertz CT molecular complexity index is 615.